The third-order valence-electron chi connectivity index (χ3n) is 5.69. The van der Waals surface area contributed by atoms with E-state index in [1.54, 1.807) is 48.2 Å². The van der Waals surface area contributed by atoms with Crippen molar-refractivity contribution in [1.29, 1.82) is 0 Å². The molecule has 2 N–H and O–H groups in total. The Morgan fingerprint density at radius 3 is 2.26 bits per heavy atom. The Bertz CT molecular complexity index is 1210. The Labute approximate surface area is 203 Å². The molecule has 2 atom stereocenters. The molecule has 4 rings (SSSR count). The Balaban J connectivity index is 1.66. The van der Waals surface area contributed by atoms with E-state index < -0.39 is 12.1 Å². The lowest BCUT2D eigenvalue weighted by Gasteiger charge is -2.15. The molecule has 0 radical (unpaired) electrons. The maximum absolute atomic E-state index is 13.0. The number of methoxy groups -OCH3 is 1. The van der Waals surface area contributed by atoms with Crippen LogP contribution in [-0.2, 0) is 4.79 Å². The van der Waals surface area contributed by atoms with E-state index in [1.807, 2.05) is 61.6 Å². The van der Waals surface area contributed by atoms with E-state index >= 15 is 0 Å². The highest BCUT2D eigenvalue weighted by Gasteiger charge is 2.47. The molecule has 0 unspecified atom stereocenters. The van der Waals surface area contributed by atoms with Crippen molar-refractivity contribution in [3.63, 3.8) is 0 Å². The van der Waals surface area contributed by atoms with Crippen molar-refractivity contribution in [1.82, 2.24) is 10.7 Å². The van der Waals surface area contributed by atoms with Gasteiger partial charge in [0.25, 0.3) is 5.91 Å². The van der Waals surface area contributed by atoms with Gasteiger partial charge in [-0.05, 0) is 60.7 Å². The first-order valence-electron chi connectivity index (χ1n) is 10.8. The number of anilines is 1. The normalized spacial score (nSPS) is 18.5. The number of benzene rings is 3. The van der Waals surface area contributed by atoms with Crippen molar-refractivity contribution >= 4 is 35.3 Å². The maximum Gasteiger partial charge on any atom is 0.304 e. The molecule has 0 aliphatic carbocycles. The van der Waals surface area contributed by atoms with Gasteiger partial charge in [-0.2, -0.15) is 0 Å². The lowest BCUT2D eigenvalue weighted by molar-refractivity contribution is -0.596. The number of nitrogens with one attached hydrogen (secondary N) is 2. The van der Waals surface area contributed by atoms with E-state index in [9.17, 15) is 9.59 Å². The topological polar surface area (TPSA) is 73.7 Å². The average molecular weight is 478 g/mol. The van der Waals surface area contributed by atoms with Gasteiger partial charge < -0.3 is 15.0 Å². The second-order valence-corrected chi connectivity index (χ2v) is 8.61. The van der Waals surface area contributed by atoms with Gasteiger partial charge in [-0.15, -0.1) is 10.1 Å². The SMILES string of the molecule is COc1ccc(C(=O)N[C@H]2C(=O)N/[N+](=C\c3ccc(N(C)C)cc3)[C@@H]2c2ccc(Cl)cc2)cc1. The molecule has 0 aromatic heterocycles. The molecule has 0 bridgehead atoms. The third kappa shape index (κ3) is 5.05. The smallest absolute Gasteiger partial charge is 0.304 e. The van der Waals surface area contributed by atoms with Crippen molar-refractivity contribution in [2.45, 2.75) is 12.1 Å². The van der Waals surface area contributed by atoms with Gasteiger partial charge >= 0.3 is 5.91 Å². The highest BCUT2D eigenvalue weighted by Crippen LogP contribution is 2.27. The fourth-order valence-electron chi connectivity index (χ4n) is 3.83. The van der Waals surface area contributed by atoms with Gasteiger partial charge in [0.05, 0.1) is 7.11 Å². The molecule has 1 aliphatic rings. The van der Waals surface area contributed by atoms with Gasteiger partial charge in [0.2, 0.25) is 12.3 Å². The van der Waals surface area contributed by atoms with Crippen LogP contribution in [0.15, 0.2) is 72.8 Å². The minimum absolute atomic E-state index is 0.303. The number of halogens is 1. The summed E-state index contributed by atoms with van der Waals surface area (Å²) in [5.41, 5.74) is 6.14. The van der Waals surface area contributed by atoms with E-state index in [1.165, 1.54) is 0 Å². The first-order chi connectivity index (χ1) is 16.4. The number of hydrazine groups is 1. The standard InChI is InChI=1S/C26H25ClN4O3/c1-30(2)21-12-4-17(5-13-21)16-31-24(18-6-10-20(27)11-7-18)23(26(33)29-31)28-25(32)19-8-14-22(34-3)15-9-19/h4-16,23-24H,1-3H3,(H-,28,29,32,33)/p+1/t23-,24-/m1/s1. The summed E-state index contributed by atoms with van der Waals surface area (Å²) in [6, 6.07) is 20.7. The van der Waals surface area contributed by atoms with Gasteiger partial charge in [-0.25, -0.2) is 0 Å². The summed E-state index contributed by atoms with van der Waals surface area (Å²) in [6.45, 7) is 0. The van der Waals surface area contributed by atoms with Crippen LogP contribution in [-0.4, -0.2) is 50.0 Å². The molecule has 0 spiro atoms. The summed E-state index contributed by atoms with van der Waals surface area (Å²) in [6.07, 6.45) is 1.86. The van der Waals surface area contributed by atoms with Gasteiger partial charge in [-0.3, -0.25) is 9.59 Å². The predicted octanol–water partition coefficient (Wildman–Crippen LogP) is 3.43. The zero-order valence-electron chi connectivity index (χ0n) is 19.2. The van der Waals surface area contributed by atoms with E-state index in [0.717, 1.165) is 16.8 Å². The van der Waals surface area contributed by atoms with Gasteiger partial charge in [0, 0.05) is 41.5 Å². The number of carbonyl (C=O) groups excluding carboxylic acids is 2. The number of hydrogen-bond donors (Lipinski definition) is 2. The van der Waals surface area contributed by atoms with E-state index in [4.69, 9.17) is 16.3 Å². The minimum atomic E-state index is -0.812. The molecule has 1 saturated heterocycles. The lowest BCUT2D eigenvalue weighted by atomic mass is 9.99. The largest absolute Gasteiger partial charge is 0.497 e. The second-order valence-electron chi connectivity index (χ2n) is 8.17. The van der Waals surface area contributed by atoms with Gasteiger partial charge in [0.15, 0.2) is 6.04 Å². The van der Waals surface area contributed by atoms with Crippen molar-refractivity contribution < 1.29 is 19.0 Å². The number of hydrazone groups is 1. The van der Waals surface area contributed by atoms with Crippen LogP contribution in [0.3, 0.4) is 0 Å². The van der Waals surface area contributed by atoms with Crippen LogP contribution in [0.5, 0.6) is 5.75 Å². The molecule has 1 fully saturated rings. The zero-order chi connectivity index (χ0) is 24.2. The molecule has 0 saturated carbocycles. The van der Waals surface area contributed by atoms with Crippen molar-refractivity contribution in [2.24, 2.45) is 0 Å². The summed E-state index contributed by atoms with van der Waals surface area (Å²) < 4.78 is 6.89. The molecule has 34 heavy (non-hydrogen) atoms. The first kappa shape index (κ1) is 23.3. The van der Waals surface area contributed by atoms with Crippen LogP contribution in [0.25, 0.3) is 0 Å². The van der Waals surface area contributed by atoms with Crippen molar-refractivity contribution in [3.05, 3.63) is 94.5 Å². The number of rotatable bonds is 6. The number of amides is 2. The number of carbonyl (C=O) groups is 2. The zero-order valence-corrected chi connectivity index (χ0v) is 19.9. The van der Waals surface area contributed by atoms with E-state index in [2.05, 4.69) is 10.7 Å². The molecule has 3 aromatic rings. The Morgan fingerprint density at radius 1 is 1.03 bits per heavy atom. The van der Waals surface area contributed by atoms with Crippen LogP contribution < -0.4 is 20.4 Å². The van der Waals surface area contributed by atoms with Crippen LogP contribution >= 0.6 is 11.6 Å². The third-order valence-corrected chi connectivity index (χ3v) is 5.94. The average Bonchev–Trinajstić information content (AvgIpc) is 3.14. The lowest BCUT2D eigenvalue weighted by Crippen LogP contribution is -2.42. The quantitative estimate of drug-likeness (QED) is 0.533. The Hall–Kier alpha value is -3.84. The molecule has 3 aromatic carbocycles. The molecular weight excluding hydrogens is 452 g/mol. The van der Waals surface area contributed by atoms with Crippen LogP contribution in [0.2, 0.25) is 5.02 Å². The minimum Gasteiger partial charge on any atom is -0.497 e. The summed E-state index contributed by atoms with van der Waals surface area (Å²) in [5.74, 6) is -0.00261. The number of hydrogen-bond acceptors (Lipinski definition) is 4. The monoisotopic (exact) mass is 477 g/mol. The van der Waals surface area contributed by atoms with Crippen LogP contribution in [0, 0.1) is 0 Å². The highest BCUT2D eigenvalue weighted by atomic mass is 35.5. The summed E-state index contributed by atoms with van der Waals surface area (Å²) in [5, 5.41) is 3.48. The summed E-state index contributed by atoms with van der Waals surface area (Å²) in [7, 11) is 5.52. The maximum atomic E-state index is 13.0. The fraction of sp³-hybridized carbons (Fsp3) is 0.192. The van der Waals surface area contributed by atoms with Crippen molar-refractivity contribution in [2.75, 3.05) is 26.1 Å². The Morgan fingerprint density at radius 2 is 1.68 bits per heavy atom. The van der Waals surface area contributed by atoms with Gasteiger partial charge in [0.1, 0.15) is 5.75 Å². The fourth-order valence-corrected chi connectivity index (χ4v) is 3.95. The molecule has 1 aliphatic heterocycles. The van der Waals surface area contributed by atoms with E-state index in [0.29, 0.717) is 16.3 Å². The van der Waals surface area contributed by atoms with Crippen molar-refractivity contribution in [3.8, 4) is 5.75 Å². The molecule has 174 valence electrons. The van der Waals surface area contributed by atoms with Gasteiger partial charge in [-0.1, -0.05) is 23.7 Å². The molecule has 2 amide bonds. The number of ether oxygens (including phenoxy) is 1. The summed E-state index contributed by atoms with van der Waals surface area (Å²) >= 11 is 6.09. The molecule has 8 heteroatoms. The second kappa shape index (κ2) is 9.97. The van der Waals surface area contributed by atoms with E-state index in [-0.39, 0.29) is 11.8 Å². The Kier molecular flexibility index (Phi) is 6.84. The predicted molar refractivity (Wildman–Crippen MR) is 133 cm³/mol. The molecular formula is C26H26ClN4O3+. The van der Waals surface area contributed by atoms with Crippen LogP contribution in [0.1, 0.15) is 27.5 Å². The first-order valence-corrected chi connectivity index (χ1v) is 11.1. The molecule has 1 heterocycles. The number of nitrogens with zero attached hydrogens (tertiary/aromatic N) is 2. The molecule has 7 nitrogen and oxygen atoms in total. The van der Waals surface area contributed by atoms with Crippen LogP contribution in [0.4, 0.5) is 5.69 Å². The highest BCUT2D eigenvalue weighted by molar-refractivity contribution is 6.30. The summed E-state index contributed by atoms with van der Waals surface area (Å²) in [4.78, 5) is 28.0.